The van der Waals surface area contributed by atoms with Crippen LogP contribution < -0.4 is 10.7 Å². The minimum Gasteiger partial charge on any atom is -0.352 e. The average molecular weight is 489 g/mol. The summed E-state index contributed by atoms with van der Waals surface area (Å²) < 4.78 is 2.31. The number of anilines is 2. The molecule has 6 nitrogen and oxygen atoms in total. The molecular weight excluding hydrogens is 456 g/mol. The molecule has 37 heavy (non-hydrogen) atoms. The fraction of sp³-hybridized carbons (Fsp3) is 0.258. The molecule has 2 aliphatic heterocycles. The van der Waals surface area contributed by atoms with Crippen LogP contribution in [0.3, 0.4) is 0 Å². The van der Waals surface area contributed by atoms with E-state index in [2.05, 4.69) is 94.4 Å². The molecule has 3 aliphatic rings. The Hall–Kier alpha value is -4.03. The molecule has 3 heterocycles. The summed E-state index contributed by atoms with van der Waals surface area (Å²) in [7, 11) is 2.20. The normalized spacial score (nSPS) is 15.5. The first kappa shape index (κ1) is 23.4. The summed E-state index contributed by atoms with van der Waals surface area (Å²) >= 11 is 0. The molecular formula is C31H32N6. The fourth-order valence-corrected chi connectivity index (χ4v) is 5.15. The number of benzene rings is 3. The van der Waals surface area contributed by atoms with Gasteiger partial charge in [0.25, 0.3) is 0 Å². The van der Waals surface area contributed by atoms with Gasteiger partial charge in [-0.25, -0.2) is 4.98 Å². The average Bonchev–Trinajstić information content (AvgIpc) is 2.93. The van der Waals surface area contributed by atoms with Crippen LogP contribution in [0.4, 0.5) is 11.4 Å². The topological polar surface area (TPSA) is 58.3 Å². The quantitative estimate of drug-likeness (QED) is 0.317. The van der Waals surface area contributed by atoms with Gasteiger partial charge in [-0.05, 0) is 99.9 Å². The van der Waals surface area contributed by atoms with Gasteiger partial charge in [0.05, 0.1) is 45.4 Å². The van der Waals surface area contributed by atoms with Gasteiger partial charge in [0.1, 0.15) is 0 Å². The van der Waals surface area contributed by atoms with Crippen LogP contribution in [0, 0.1) is 12.8 Å². The van der Waals surface area contributed by atoms with E-state index in [0.717, 1.165) is 64.5 Å². The molecule has 1 fully saturated rings. The number of aryl methyl sites for hydroxylation is 1. The number of hydrogen-bond acceptors (Lipinski definition) is 5. The van der Waals surface area contributed by atoms with Gasteiger partial charge in [-0.15, -0.1) is 0 Å². The molecule has 1 N–H and O–H groups in total. The second kappa shape index (κ2) is 10.1. The highest BCUT2D eigenvalue weighted by Gasteiger charge is 2.19. The molecule has 1 aromatic heterocycles. The lowest BCUT2D eigenvalue weighted by atomic mass is 9.97. The zero-order chi connectivity index (χ0) is 25.2. The van der Waals surface area contributed by atoms with E-state index in [1.165, 1.54) is 18.4 Å². The first-order chi connectivity index (χ1) is 18.1. The van der Waals surface area contributed by atoms with Crippen LogP contribution in [-0.2, 0) is 0 Å². The lowest BCUT2D eigenvalue weighted by Crippen LogP contribution is -2.31. The third kappa shape index (κ3) is 4.98. The van der Waals surface area contributed by atoms with Crippen molar-refractivity contribution in [3.05, 3.63) is 96.1 Å². The number of rotatable bonds is 5. The summed E-state index contributed by atoms with van der Waals surface area (Å²) in [6.45, 7) is 5.23. The lowest BCUT2D eigenvalue weighted by Gasteiger charge is -2.27. The van der Waals surface area contributed by atoms with Crippen molar-refractivity contribution < 1.29 is 0 Å². The minimum atomic E-state index is 0.608. The molecule has 0 bridgehead atoms. The Kier molecular flexibility index (Phi) is 6.41. The third-order valence-corrected chi connectivity index (χ3v) is 7.26. The highest BCUT2D eigenvalue weighted by Crippen LogP contribution is 2.31. The largest absolute Gasteiger partial charge is 0.352 e. The molecule has 0 radical (unpaired) electrons. The summed E-state index contributed by atoms with van der Waals surface area (Å²) in [5, 5.41) is 4.51. The van der Waals surface area contributed by atoms with Crippen LogP contribution >= 0.6 is 0 Å². The van der Waals surface area contributed by atoms with Crippen LogP contribution in [0.5, 0.6) is 0 Å². The van der Waals surface area contributed by atoms with Crippen LogP contribution in [0.25, 0.3) is 28.1 Å². The Bertz CT molecular complexity index is 1550. The van der Waals surface area contributed by atoms with Gasteiger partial charge in [0, 0.05) is 18.4 Å². The van der Waals surface area contributed by atoms with Crippen molar-refractivity contribution in [2.24, 2.45) is 10.9 Å². The van der Waals surface area contributed by atoms with Crippen molar-refractivity contribution in [3.63, 3.8) is 0 Å². The molecule has 1 aliphatic carbocycles. The summed E-state index contributed by atoms with van der Waals surface area (Å²) in [5.41, 5.74) is 8.23. The molecule has 1 saturated heterocycles. The fourth-order valence-electron chi connectivity index (χ4n) is 5.15. The maximum atomic E-state index is 5.19. The van der Waals surface area contributed by atoms with E-state index in [1.807, 2.05) is 18.3 Å². The summed E-state index contributed by atoms with van der Waals surface area (Å²) in [4.78, 5) is 17.0. The van der Waals surface area contributed by atoms with E-state index >= 15 is 0 Å². The molecule has 0 amide bonds. The van der Waals surface area contributed by atoms with Crippen molar-refractivity contribution in [2.75, 3.05) is 32.0 Å². The Balaban J connectivity index is 1.56. The molecule has 3 aromatic rings. The standard InChI is InChI=1S/C31H32N6/c1-22-10-11-26-30(17-22)37(25-8-4-3-5-9-25)31-19-27(33-20-23-12-15-36(2)16-13-23)28(18-29(31)35-26)34-24-7-6-14-32-21-24/h3-11,14,17-19,21,23,34H,12-13,15-16,20H2,1-2H3. The molecule has 6 heteroatoms. The van der Waals surface area contributed by atoms with E-state index in [-0.39, 0.29) is 0 Å². The number of para-hydroxylation sites is 1. The molecule has 186 valence electrons. The minimum absolute atomic E-state index is 0.608. The number of hydrogen-bond donors (Lipinski definition) is 1. The van der Waals surface area contributed by atoms with Crippen LogP contribution in [-0.4, -0.2) is 46.1 Å². The molecule has 0 atom stereocenters. The second-order valence-electron chi connectivity index (χ2n) is 10.1. The number of fused-ring (bicyclic) bond motifs is 2. The van der Waals surface area contributed by atoms with Crippen LogP contribution in [0.2, 0.25) is 0 Å². The smallest absolute Gasteiger partial charge is 0.0900 e. The van der Waals surface area contributed by atoms with E-state index in [0.29, 0.717) is 5.92 Å². The van der Waals surface area contributed by atoms with Gasteiger partial charge in [-0.2, -0.15) is 0 Å². The van der Waals surface area contributed by atoms with Crippen molar-refractivity contribution in [1.82, 2.24) is 19.4 Å². The van der Waals surface area contributed by atoms with Gasteiger partial charge >= 0.3 is 0 Å². The highest BCUT2D eigenvalue weighted by atomic mass is 15.1. The van der Waals surface area contributed by atoms with Gasteiger partial charge in [0.2, 0.25) is 0 Å². The van der Waals surface area contributed by atoms with Crippen molar-refractivity contribution in [2.45, 2.75) is 19.8 Å². The van der Waals surface area contributed by atoms with Crippen LogP contribution in [0.15, 0.2) is 90.2 Å². The number of nitrogens with one attached hydrogen (secondary N) is 1. The van der Waals surface area contributed by atoms with Gasteiger partial charge < -0.3 is 14.8 Å². The molecule has 6 rings (SSSR count). The number of piperidine rings is 1. The number of aromatic nitrogens is 3. The first-order valence-corrected chi connectivity index (χ1v) is 13.0. The Labute approximate surface area is 217 Å². The molecule has 2 aromatic carbocycles. The van der Waals surface area contributed by atoms with E-state index in [4.69, 9.17) is 9.98 Å². The predicted molar refractivity (Wildman–Crippen MR) is 151 cm³/mol. The third-order valence-electron chi connectivity index (χ3n) is 7.26. The van der Waals surface area contributed by atoms with Crippen LogP contribution in [0.1, 0.15) is 18.4 Å². The van der Waals surface area contributed by atoms with Crippen molar-refractivity contribution in [3.8, 4) is 17.1 Å². The number of likely N-dealkylation sites (tertiary alicyclic amines) is 1. The Morgan fingerprint density at radius 3 is 2.59 bits per heavy atom. The monoisotopic (exact) mass is 488 g/mol. The number of nitrogens with zero attached hydrogens (tertiary/aromatic N) is 5. The summed E-state index contributed by atoms with van der Waals surface area (Å²) in [5.74, 6) is 0.608. The Morgan fingerprint density at radius 1 is 0.973 bits per heavy atom. The molecule has 0 saturated carbocycles. The second-order valence-corrected chi connectivity index (χ2v) is 10.1. The summed E-state index contributed by atoms with van der Waals surface area (Å²) in [6.07, 6.45) is 6.00. The van der Waals surface area contributed by atoms with Gasteiger partial charge in [0.15, 0.2) is 0 Å². The summed E-state index contributed by atoms with van der Waals surface area (Å²) in [6, 6.07) is 25.3. The van der Waals surface area contributed by atoms with Gasteiger partial charge in [-0.1, -0.05) is 24.3 Å². The highest BCUT2D eigenvalue weighted by molar-refractivity contribution is 5.84. The van der Waals surface area contributed by atoms with Gasteiger partial charge in [-0.3, -0.25) is 9.98 Å². The zero-order valence-electron chi connectivity index (χ0n) is 21.4. The molecule has 0 unspecified atom stereocenters. The zero-order valence-corrected chi connectivity index (χ0v) is 21.4. The van der Waals surface area contributed by atoms with E-state index < -0.39 is 0 Å². The van der Waals surface area contributed by atoms with E-state index in [1.54, 1.807) is 6.20 Å². The first-order valence-electron chi connectivity index (χ1n) is 13.0. The van der Waals surface area contributed by atoms with E-state index in [9.17, 15) is 0 Å². The SMILES string of the molecule is Cc1ccc2nc3cc(Nc4cccnc4)c(=NCC4CCN(C)CC4)cc-3n(-c3ccccc3)c2c1. The maximum Gasteiger partial charge on any atom is 0.0900 e. The van der Waals surface area contributed by atoms with Crippen molar-refractivity contribution >= 4 is 22.4 Å². The van der Waals surface area contributed by atoms with Crippen molar-refractivity contribution in [1.29, 1.82) is 0 Å². The number of pyridine rings is 1. The Morgan fingerprint density at radius 2 is 1.81 bits per heavy atom. The predicted octanol–water partition coefficient (Wildman–Crippen LogP) is 5.82. The lowest BCUT2D eigenvalue weighted by molar-refractivity contribution is 0.223. The molecule has 0 spiro atoms. The maximum absolute atomic E-state index is 5.19.